The van der Waals surface area contributed by atoms with Crippen molar-refractivity contribution >= 4 is 27.7 Å². The average Bonchev–Trinajstić information content (AvgIpc) is 1.38. The molecule has 0 aromatic heterocycles. The maximum atomic E-state index is 3.34. The molecule has 0 aliphatic rings. The van der Waals surface area contributed by atoms with Crippen molar-refractivity contribution in [2.24, 2.45) is 0 Å². The van der Waals surface area contributed by atoms with Crippen molar-refractivity contribution in [1.29, 1.82) is 0 Å². The second kappa shape index (κ2) is 3.04. The van der Waals surface area contributed by atoms with Crippen molar-refractivity contribution in [3.05, 3.63) is 0 Å². The Morgan fingerprint density at radius 1 is 1.80 bits per heavy atom. The van der Waals surface area contributed by atoms with Crippen molar-refractivity contribution < 1.29 is 0 Å². The Morgan fingerprint density at radius 3 is 2.00 bits per heavy atom. The van der Waals surface area contributed by atoms with E-state index in [9.17, 15) is 0 Å². The lowest BCUT2D eigenvalue weighted by Gasteiger charge is -1.88. The molecule has 0 aromatic rings. The second-order valence-corrected chi connectivity index (χ2v) is 3.94. The van der Waals surface area contributed by atoms with Crippen LogP contribution in [0.3, 0.4) is 0 Å². The Kier molecular flexibility index (Phi) is 3.54. The van der Waals surface area contributed by atoms with Crippen LogP contribution in [0.4, 0.5) is 0 Å². The molecule has 0 bridgehead atoms. The van der Waals surface area contributed by atoms with E-state index < -0.39 is 0 Å². The highest BCUT2D eigenvalue weighted by atomic mass is 79.9. The van der Waals surface area contributed by atoms with Gasteiger partial charge >= 0.3 is 0 Å². The van der Waals surface area contributed by atoms with Crippen LogP contribution >= 0.6 is 27.7 Å². The van der Waals surface area contributed by atoms with E-state index in [2.05, 4.69) is 29.1 Å². The van der Waals surface area contributed by atoms with E-state index in [4.69, 9.17) is 0 Å². The topological polar surface area (TPSA) is 0 Å². The van der Waals surface area contributed by atoms with E-state index >= 15 is 0 Å². The Bertz CT molecular complexity index is 20.9. The first-order valence-corrected chi connectivity index (χ1v) is 3.64. The van der Waals surface area contributed by atoms with Crippen molar-refractivity contribution in [3.8, 4) is 0 Å². The number of halogens is 1. The van der Waals surface area contributed by atoms with Crippen molar-refractivity contribution in [1.82, 2.24) is 0 Å². The van der Waals surface area contributed by atoms with Crippen LogP contribution in [0.1, 0.15) is 6.92 Å². The summed E-state index contributed by atoms with van der Waals surface area (Å²) in [5.41, 5.74) is 0. The van der Waals surface area contributed by atoms with E-state index in [0.29, 0.717) is 4.16 Å². The van der Waals surface area contributed by atoms with Gasteiger partial charge < -0.3 is 0 Å². The first kappa shape index (κ1) is 5.83. The molecule has 5 heavy (non-hydrogen) atoms. The second-order valence-electron chi connectivity index (χ2n) is 0.779. The normalized spacial score (nSPS) is 15.0. The lowest BCUT2D eigenvalue weighted by Crippen LogP contribution is -1.72. The molecule has 0 saturated carbocycles. The molecule has 0 aliphatic heterocycles. The minimum atomic E-state index is 0.613. The molecule has 0 aromatic carbocycles. The summed E-state index contributed by atoms with van der Waals surface area (Å²) in [5.74, 6) is 0. The molecule has 32 valence electrons. The fourth-order valence-corrected chi connectivity index (χ4v) is 0. The van der Waals surface area contributed by atoms with Gasteiger partial charge in [-0.3, -0.25) is 0 Å². The highest BCUT2D eigenvalue weighted by Gasteiger charge is 1.82. The van der Waals surface area contributed by atoms with Gasteiger partial charge in [0.2, 0.25) is 0 Å². The van der Waals surface area contributed by atoms with E-state index in [1.807, 2.05) is 0 Å². The minimum absolute atomic E-state index is 0.613. The molecule has 1 atom stereocenters. The zero-order valence-corrected chi connectivity index (χ0v) is 5.77. The van der Waals surface area contributed by atoms with Crippen molar-refractivity contribution in [3.63, 3.8) is 0 Å². The molecule has 0 rings (SSSR count). The summed E-state index contributed by atoms with van der Waals surface area (Å²) in [6.45, 7) is 2.10. The Morgan fingerprint density at radius 2 is 2.00 bits per heavy atom. The van der Waals surface area contributed by atoms with Gasteiger partial charge in [-0.05, 0) is 13.2 Å². The SMILES string of the molecule is CSC(C)Br. The van der Waals surface area contributed by atoms with Crippen molar-refractivity contribution in [2.45, 2.75) is 11.1 Å². The molecule has 2 heteroatoms. The van der Waals surface area contributed by atoms with E-state index in [-0.39, 0.29) is 0 Å². The third-order valence-corrected chi connectivity index (χ3v) is 2.10. The van der Waals surface area contributed by atoms with E-state index in [0.717, 1.165) is 0 Å². The molecule has 0 saturated heterocycles. The van der Waals surface area contributed by atoms with Gasteiger partial charge in [-0.25, -0.2) is 0 Å². The molecule has 0 nitrogen and oxygen atoms in total. The van der Waals surface area contributed by atoms with Crippen LogP contribution in [0, 0.1) is 0 Å². The van der Waals surface area contributed by atoms with Gasteiger partial charge in [0.1, 0.15) is 0 Å². The zero-order valence-electron chi connectivity index (χ0n) is 3.36. The summed E-state index contributed by atoms with van der Waals surface area (Å²) < 4.78 is 0.613. The summed E-state index contributed by atoms with van der Waals surface area (Å²) in [7, 11) is 0. The molecule has 1 unspecified atom stereocenters. The maximum Gasteiger partial charge on any atom is 0.0569 e. The molecule has 0 fully saturated rings. The Balaban J connectivity index is 2.54. The predicted octanol–water partition coefficient (Wildman–Crippen LogP) is 2.09. The lowest BCUT2D eigenvalue weighted by molar-refractivity contribution is 1.46. The monoisotopic (exact) mass is 154 g/mol. The summed E-state index contributed by atoms with van der Waals surface area (Å²) >= 11 is 5.13. The molecule has 0 spiro atoms. The minimum Gasteiger partial charge on any atom is -0.151 e. The summed E-state index contributed by atoms with van der Waals surface area (Å²) in [5, 5.41) is 0. The van der Waals surface area contributed by atoms with Gasteiger partial charge in [0.15, 0.2) is 0 Å². The standard InChI is InChI=1S/C3H7BrS/c1-3(4)5-2/h3H,1-2H3. The van der Waals surface area contributed by atoms with Gasteiger partial charge in [0.25, 0.3) is 0 Å². The average molecular weight is 155 g/mol. The van der Waals surface area contributed by atoms with Crippen LogP contribution in [0.5, 0.6) is 0 Å². The number of hydrogen-bond acceptors (Lipinski definition) is 1. The van der Waals surface area contributed by atoms with Crippen LogP contribution in [0.2, 0.25) is 0 Å². The van der Waals surface area contributed by atoms with Crippen LogP contribution in [-0.2, 0) is 0 Å². The summed E-state index contributed by atoms with van der Waals surface area (Å²) in [6.07, 6.45) is 2.07. The molecule has 0 aliphatic carbocycles. The van der Waals surface area contributed by atoms with E-state index in [1.165, 1.54) is 0 Å². The molecule has 0 amide bonds. The van der Waals surface area contributed by atoms with Gasteiger partial charge in [-0.1, -0.05) is 15.9 Å². The Hall–Kier alpha value is 0.830. The smallest absolute Gasteiger partial charge is 0.0569 e. The van der Waals surface area contributed by atoms with Crippen LogP contribution < -0.4 is 0 Å². The van der Waals surface area contributed by atoms with Gasteiger partial charge in [0, 0.05) is 0 Å². The zero-order chi connectivity index (χ0) is 4.28. The van der Waals surface area contributed by atoms with E-state index in [1.54, 1.807) is 11.8 Å². The molecule has 0 N–H and O–H groups in total. The fraction of sp³-hybridized carbons (Fsp3) is 1.00. The van der Waals surface area contributed by atoms with Crippen molar-refractivity contribution in [2.75, 3.05) is 6.26 Å². The number of hydrogen-bond donors (Lipinski definition) is 0. The molecular weight excluding hydrogens is 148 g/mol. The number of alkyl halides is 1. The largest absolute Gasteiger partial charge is 0.151 e. The van der Waals surface area contributed by atoms with Crippen LogP contribution in [-0.4, -0.2) is 10.4 Å². The predicted molar refractivity (Wildman–Crippen MR) is 31.9 cm³/mol. The summed E-state index contributed by atoms with van der Waals surface area (Å²) in [4.78, 5) is 0. The van der Waals surface area contributed by atoms with Crippen LogP contribution in [0.25, 0.3) is 0 Å². The molecule has 0 heterocycles. The third-order valence-electron chi connectivity index (χ3n) is 0.325. The highest BCUT2D eigenvalue weighted by molar-refractivity contribution is 9.11. The lowest BCUT2D eigenvalue weighted by atomic mass is 11.0. The van der Waals surface area contributed by atoms with Crippen LogP contribution in [0.15, 0.2) is 0 Å². The van der Waals surface area contributed by atoms with Gasteiger partial charge in [-0.15, -0.1) is 0 Å². The van der Waals surface area contributed by atoms with Gasteiger partial charge in [0.05, 0.1) is 4.16 Å². The van der Waals surface area contributed by atoms with Gasteiger partial charge in [-0.2, -0.15) is 11.8 Å². The molecule has 0 radical (unpaired) electrons. The summed E-state index contributed by atoms with van der Waals surface area (Å²) in [6, 6.07) is 0. The third kappa shape index (κ3) is 4.83. The Labute approximate surface area is 45.5 Å². The molecular formula is C3H7BrS. The fourth-order valence-electron chi connectivity index (χ4n) is 0. The quantitative estimate of drug-likeness (QED) is 0.522. The first-order chi connectivity index (χ1) is 2.27. The number of thioether (sulfide) groups is 1. The maximum absolute atomic E-state index is 3.34. The highest BCUT2D eigenvalue weighted by Crippen LogP contribution is 2.10. The number of rotatable bonds is 1. The first-order valence-electron chi connectivity index (χ1n) is 1.44.